The summed E-state index contributed by atoms with van der Waals surface area (Å²) in [4.78, 5) is 10.9. The third-order valence-electron chi connectivity index (χ3n) is 1.35. The zero-order chi connectivity index (χ0) is 10.3. The number of aliphatic hydroxyl groups excluding tert-OH is 1. The third kappa shape index (κ3) is 9.29. The average molecular weight is 209 g/mol. The molecule has 0 fully saturated rings. The highest BCUT2D eigenvalue weighted by atomic mass is 32.2. The van der Waals surface area contributed by atoms with Gasteiger partial charge in [-0.25, -0.2) is 8.42 Å². The first-order valence-corrected chi connectivity index (χ1v) is 6.07. The Kier molecular flexibility index (Phi) is 5.65. The topological polar surface area (TPSA) is 83.5 Å². The van der Waals surface area contributed by atoms with Gasteiger partial charge in [-0.1, -0.05) is 0 Å². The van der Waals surface area contributed by atoms with Gasteiger partial charge in [0.25, 0.3) is 0 Å². The molecule has 0 saturated heterocycles. The summed E-state index contributed by atoms with van der Waals surface area (Å²) < 4.78 is 21.3. The molecule has 0 aromatic carbocycles. The van der Waals surface area contributed by atoms with Gasteiger partial charge >= 0.3 is 0 Å². The van der Waals surface area contributed by atoms with Gasteiger partial charge in [0.2, 0.25) is 5.91 Å². The molecule has 0 aromatic rings. The molecular formula is C7H15NO4S. The number of hydrogen-bond donors (Lipinski definition) is 2. The van der Waals surface area contributed by atoms with E-state index in [0.717, 1.165) is 6.26 Å². The Labute approximate surface area is 78.1 Å². The number of sulfone groups is 1. The molecule has 5 nitrogen and oxygen atoms in total. The van der Waals surface area contributed by atoms with Crippen LogP contribution in [0.4, 0.5) is 0 Å². The second kappa shape index (κ2) is 5.93. The van der Waals surface area contributed by atoms with E-state index in [0.29, 0.717) is 6.42 Å². The molecule has 78 valence electrons. The Morgan fingerprint density at radius 1 is 1.46 bits per heavy atom. The van der Waals surface area contributed by atoms with Gasteiger partial charge in [-0.2, -0.15) is 0 Å². The van der Waals surface area contributed by atoms with Crippen molar-refractivity contribution in [3.05, 3.63) is 0 Å². The average Bonchev–Trinajstić information content (AvgIpc) is 1.98. The van der Waals surface area contributed by atoms with Gasteiger partial charge < -0.3 is 10.4 Å². The molecule has 0 aliphatic heterocycles. The summed E-state index contributed by atoms with van der Waals surface area (Å²) in [5, 5.41) is 10.8. The van der Waals surface area contributed by atoms with Crippen LogP contribution in [-0.4, -0.2) is 44.6 Å². The molecule has 2 N–H and O–H groups in total. The maximum absolute atomic E-state index is 10.9. The van der Waals surface area contributed by atoms with Crippen LogP contribution < -0.4 is 5.32 Å². The highest BCUT2D eigenvalue weighted by molar-refractivity contribution is 7.90. The third-order valence-corrected chi connectivity index (χ3v) is 2.38. The number of carbonyl (C=O) groups is 1. The van der Waals surface area contributed by atoms with Crippen LogP contribution in [0.3, 0.4) is 0 Å². The summed E-state index contributed by atoms with van der Waals surface area (Å²) in [6, 6.07) is 0. The lowest BCUT2D eigenvalue weighted by atomic mass is 10.3. The zero-order valence-electron chi connectivity index (χ0n) is 7.62. The second-order valence-corrected chi connectivity index (χ2v) is 5.07. The summed E-state index contributed by atoms with van der Waals surface area (Å²) >= 11 is 0. The smallest absolute Gasteiger partial charge is 0.220 e. The largest absolute Gasteiger partial charge is 0.395 e. The predicted octanol–water partition coefficient (Wildman–Crippen LogP) is -1.08. The van der Waals surface area contributed by atoms with Gasteiger partial charge in [-0.15, -0.1) is 0 Å². The lowest BCUT2D eigenvalue weighted by Gasteiger charge is -2.01. The first-order valence-electron chi connectivity index (χ1n) is 4.01. The van der Waals surface area contributed by atoms with Crippen molar-refractivity contribution in [3.63, 3.8) is 0 Å². The molecule has 0 unspecified atom stereocenters. The zero-order valence-corrected chi connectivity index (χ0v) is 8.43. The number of carbonyl (C=O) groups excluding carboxylic acids is 1. The van der Waals surface area contributed by atoms with Crippen molar-refractivity contribution in [2.45, 2.75) is 12.8 Å². The molecular weight excluding hydrogens is 194 g/mol. The van der Waals surface area contributed by atoms with Crippen molar-refractivity contribution >= 4 is 15.7 Å². The number of aliphatic hydroxyl groups is 1. The summed E-state index contributed by atoms with van der Waals surface area (Å²) in [6.07, 6.45) is 1.65. The molecule has 13 heavy (non-hydrogen) atoms. The summed E-state index contributed by atoms with van der Waals surface area (Å²) in [5.74, 6) is -0.197. The van der Waals surface area contributed by atoms with E-state index >= 15 is 0 Å². The molecule has 0 saturated carbocycles. The molecule has 1 amide bonds. The maximum Gasteiger partial charge on any atom is 0.220 e. The van der Waals surface area contributed by atoms with Crippen molar-refractivity contribution < 1.29 is 18.3 Å². The maximum atomic E-state index is 10.9. The minimum absolute atomic E-state index is 0.0273. The van der Waals surface area contributed by atoms with E-state index in [9.17, 15) is 13.2 Å². The van der Waals surface area contributed by atoms with E-state index in [1.165, 1.54) is 0 Å². The number of nitrogens with one attached hydrogen (secondary N) is 1. The second-order valence-electron chi connectivity index (χ2n) is 2.81. The molecule has 0 radical (unpaired) electrons. The fourth-order valence-electron chi connectivity index (χ4n) is 0.779. The fraction of sp³-hybridized carbons (Fsp3) is 0.857. The Bertz CT molecular complexity index is 247. The van der Waals surface area contributed by atoms with Gasteiger partial charge in [0, 0.05) is 19.2 Å². The van der Waals surface area contributed by atoms with Gasteiger partial charge in [0.15, 0.2) is 0 Å². The first kappa shape index (κ1) is 12.4. The molecule has 0 aliphatic carbocycles. The van der Waals surface area contributed by atoms with Crippen LogP contribution in [0.25, 0.3) is 0 Å². The van der Waals surface area contributed by atoms with Crippen LogP contribution in [0.15, 0.2) is 0 Å². The van der Waals surface area contributed by atoms with Crippen molar-refractivity contribution in [1.82, 2.24) is 5.32 Å². The van der Waals surface area contributed by atoms with Crippen LogP contribution in [0.1, 0.15) is 12.8 Å². The molecule has 0 aromatic heterocycles. The van der Waals surface area contributed by atoms with Crippen molar-refractivity contribution in [1.29, 1.82) is 0 Å². The van der Waals surface area contributed by atoms with Gasteiger partial charge in [-0.05, 0) is 6.42 Å². The van der Waals surface area contributed by atoms with Crippen LogP contribution in [0.2, 0.25) is 0 Å². The fourth-order valence-corrected chi connectivity index (χ4v) is 1.45. The van der Waals surface area contributed by atoms with Crippen molar-refractivity contribution in [3.8, 4) is 0 Å². The lowest BCUT2D eigenvalue weighted by molar-refractivity contribution is -0.121. The normalized spacial score (nSPS) is 11.2. The van der Waals surface area contributed by atoms with Crippen molar-refractivity contribution in [2.75, 3.05) is 25.2 Å². The summed E-state index contributed by atoms with van der Waals surface area (Å²) in [6.45, 7) is 0.121. The number of rotatable bonds is 6. The number of amides is 1. The molecule has 0 heterocycles. The van der Waals surface area contributed by atoms with E-state index in [2.05, 4.69) is 5.32 Å². The van der Waals surface area contributed by atoms with Crippen LogP contribution in [0, 0.1) is 0 Å². The quantitative estimate of drug-likeness (QED) is 0.583. The standard InChI is InChI=1S/C7H15NO4S/c1-13(11,12)6-2-3-7(10)8-4-5-9/h9H,2-6H2,1H3,(H,8,10). The SMILES string of the molecule is CS(=O)(=O)CCCC(=O)NCCO. The van der Waals surface area contributed by atoms with Gasteiger partial charge in [-0.3, -0.25) is 4.79 Å². The van der Waals surface area contributed by atoms with Gasteiger partial charge in [0.1, 0.15) is 9.84 Å². The summed E-state index contributed by atoms with van der Waals surface area (Å²) in [5.41, 5.74) is 0. The Morgan fingerprint density at radius 3 is 2.54 bits per heavy atom. The number of hydrogen-bond acceptors (Lipinski definition) is 4. The minimum atomic E-state index is -2.97. The van der Waals surface area contributed by atoms with E-state index in [4.69, 9.17) is 5.11 Å². The lowest BCUT2D eigenvalue weighted by Crippen LogP contribution is -2.26. The van der Waals surface area contributed by atoms with Crippen LogP contribution in [0.5, 0.6) is 0 Å². The molecule has 0 spiro atoms. The highest BCUT2D eigenvalue weighted by Crippen LogP contribution is 1.93. The molecule has 0 bridgehead atoms. The van der Waals surface area contributed by atoms with Crippen LogP contribution >= 0.6 is 0 Å². The predicted molar refractivity (Wildman–Crippen MR) is 49.0 cm³/mol. The van der Waals surface area contributed by atoms with E-state index < -0.39 is 9.84 Å². The minimum Gasteiger partial charge on any atom is -0.395 e. The summed E-state index contributed by atoms with van der Waals surface area (Å²) in [7, 11) is -2.97. The molecule has 6 heteroatoms. The Hall–Kier alpha value is -0.620. The monoisotopic (exact) mass is 209 g/mol. The first-order chi connectivity index (χ1) is 5.95. The Morgan fingerprint density at radius 2 is 2.08 bits per heavy atom. The van der Waals surface area contributed by atoms with E-state index in [-0.39, 0.29) is 31.2 Å². The van der Waals surface area contributed by atoms with Crippen molar-refractivity contribution in [2.24, 2.45) is 0 Å². The highest BCUT2D eigenvalue weighted by Gasteiger charge is 2.04. The molecule has 0 atom stereocenters. The van der Waals surface area contributed by atoms with E-state index in [1.807, 2.05) is 0 Å². The van der Waals surface area contributed by atoms with Gasteiger partial charge in [0.05, 0.1) is 12.4 Å². The molecule has 0 aliphatic rings. The van der Waals surface area contributed by atoms with E-state index in [1.54, 1.807) is 0 Å². The van der Waals surface area contributed by atoms with Crippen LogP contribution in [-0.2, 0) is 14.6 Å². The Balaban J connectivity index is 3.49. The molecule has 0 rings (SSSR count).